The highest BCUT2D eigenvalue weighted by atomic mass is 16.5. The van der Waals surface area contributed by atoms with Gasteiger partial charge in [-0.15, -0.1) is 5.10 Å². The summed E-state index contributed by atoms with van der Waals surface area (Å²) in [7, 11) is 0. The molecule has 0 aliphatic carbocycles. The zero-order chi connectivity index (χ0) is 13.3. The van der Waals surface area contributed by atoms with Gasteiger partial charge in [0.05, 0.1) is 30.3 Å². The molecule has 3 rings (SSSR count). The van der Waals surface area contributed by atoms with Gasteiger partial charge in [-0.25, -0.2) is 4.68 Å². The van der Waals surface area contributed by atoms with Crippen LogP contribution in [0.3, 0.4) is 0 Å². The number of para-hydroxylation sites is 1. The van der Waals surface area contributed by atoms with Crippen molar-refractivity contribution in [2.75, 3.05) is 6.61 Å². The Morgan fingerprint density at radius 2 is 2.16 bits per heavy atom. The first-order valence-electron chi connectivity index (χ1n) is 6.50. The third kappa shape index (κ3) is 2.27. The van der Waals surface area contributed by atoms with Crippen LogP contribution in [0.2, 0.25) is 0 Å². The smallest absolute Gasteiger partial charge is 0.113 e. The summed E-state index contributed by atoms with van der Waals surface area (Å²) in [5, 5.41) is 18.9. The number of aliphatic hydroxyl groups is 1. The summed E-state index contributed by atoms with van der Waals surface area (Å²) in [6.07, 6.45) is 2.81. The van der Waals surface area contributed by atoms with Crippen molar-refractivity contribution < 1.29 is 9.84 Å². The summed E-state index contributed by atoms with van der Waals surface area (Å²) < 4.78 is 7.21. The van der Waals surface area contributed by atoms with Gasteiger partial charge < -0.3 is 9.84 Å². The summed E-state index contributed by atoms with van der Waals surface area (Å²) in [5.41, 5.74) is 0.716. The number of rotatable bonds is 2. The van der Waals surface area contributed by atoms with Gasteiger partial charge in [-0.3, -0.25) is 0 Å². The van der Waals surface area contributed by atoms with Crippen LogP contribution in [0.5, 0.6) is 0 Å². The lowest BCUT2D eigenvalue weighted by Crippen LogP contribution is -2.39. The highest BCUT2D eigenvalue weighted by Gasteiger charge is 2.38. The Labute approximate surface area is 111 Å². The molecule has 0 bridgehead atoms. The van der Waals surface area contributed by atoms with Gasteiger partial charge in [0.2, 0.25) is 0 Å². The Balaban J connectivity index is 2.00. The molecule has 2 unspecified atom stereocenters. The first kappa shape index (κ1) is 12.3. The zero-order valence-corrected chi connectivity index (χ0v) is 10.9. The molecule has 1 fully saturated rings. The van der Waals surface area contributed by atoms with Gasteiger partial charge in [0.25, 0.3) is 0 Å². The molecule has 0 amide bonds. The average molecular weight is 259 g/mol. The second-order valence-electron chi connectivity index (χ2n) is 5.03. The van der Waals surface area contributed by atoms with Crippen LogP contribution >= 0.6 is 0 Å². The van der Waals surface area contributed by atoms with Crippen molar-refractivity contribution >= 4 is 0 Å². The minimum atomic E-state index is -0.920. The maximum atomic E-state index is 10.9. The second-order valence-corrected chi connectivity index (χ2v) is 5.03. The van der Waals surface area contributed by atoms with Gasteiger partial charge >= 0.3 is 0 Å². The van der Waals surface area contributed by atoms with Gasteiger partial charge in [-0.2, -0.15) is 0 Å². The van der Waals surface area contributed by atoms with Crippen LogP contribution in [0.1, 0.15) is 25.5 Å². The molecule has 0 radical (unpaired) electrons. The molecule has 0 spiro atoms. The first-order valence-corrected chi connectivity index (χ1v) is 6.50. The number of nitrogens with zero attached hydrogens (tertiary/aromatic N) is 3. The molecule has 1 saturated heterocycles. The van der Waals surface area contributed by atoms with E-state index in [2.05, 4.69) is 10.3 Å². The maximum Gasteiger partial charge on any atom is 0.113 e. The Hall–Kier alpha value is -1.72. The van der Waals surface area contributed by atoms with E-state index >= 15 is 0 Å². The molecule has 19 heavy (non-hydrogen) atoms. The Morgan fingerprint density at radius 1 is 1.37 bits per heavy atom. The molecule has 100 valence electrons. The van der Waals surface area contributed by atoms with E-state index in [0.29, 0.717) is 19.4 Å². The van der Waals surface area contributed by atoms with Crippen molar-refractivity contribution in [3.05, 3.63) is 42.2 Å². The summed E-state index contributed by atoms with van der Waals surface area (Å²) >= 11 is 0. The van der Waals surface area contributed by atoms with Crippen molar-refractivity contribution in [3.8, 4) is 5.69 Å². The Kier molecular flexibility index (Phi) is 3.08. The fraction of sp³-hybridized carbons (Fsp3) is 0.429. The van der Waals surface area contributed by atoms with E-state index < -0.39 is 5.60 Å². The standard InChI is InChI=1S/C14H17N3O2/c1-11-9-14(18,7-8-19-11)13-10-15-16-17(13)12-5-3-2-4-6-12/h2-6,10-11,18H,7-9H2,1H3. The molecule has 1 aliphatic rings. The van der Waals surface area contributed by atoms with Crippen LogP contribution in [0.15, 0.2) is 36.5 Å². The van der Waals surface area contributed by atoms with Gasteiger partial charge in [0, 0.05) is 12.8 Å². The molecule has 2 atom stereocenters. The van der Waals surface area contributed by atoms with Gasteiger partial charge in [-0.05, 0) is 19.1 Å². The summed E-state index contributed by atoms with van der Waals surface area (Å²) in [6, 6.07) is 9.73. The maximum absolute atomic E-state index is 10.9. The van der Waals surface area contributed by atoms with Crippen molar-refractivity contribution in [1.29, 1.82) is 0 Å². The SMILES string of the molecule is CC1CC(O)(c2cnnn2-c2ccccc2)CCO1. The normalized spacial score (nSPS) is 27.4. The van der Waals surface area contributed by atoms with E-state index in [0.717, 1.165) is 11.4 Å². The molecular formula is C14H17N3O2. The van der Waals surface area contributed by atoms with Crippen LogP contribution < -0.4 is 0 Å². The fourth-order valence-electron chi connectivity index (χ4n) is 2.61. The molecule has 1 aromatic carbocycles. The molecule has 2 aromatic rings. The van der Waals surface area contributed by atoms with E-state index in [4.69, 9.17) is 4.74 Å². The molecular weight excluding hydrogens is 242 g/mol. The van der Waals surface area contributed by atoms with Gasteiger partial charge in [-0.1, -0.05) is 23.4 Å². The first-order chi connectivity index (χ1) is 9.19. The number of hydrogen-bond acceptors (Lipinski definition) is 4. The van der Waals surface area contributed by atoms with Crippen LogP contribution in [0.4, 0.5) is 0 Å². The third-order valence-corrected chi connectivity index (χ3v) is 3.57. The quantitative estimate of drug-likeness (QED) is 0.891. The lowest BCUT2D eigenvalue weighted by molar-refractivity contribution is -0.104. The summed E-state index contributed by atoms with van der Waals surface area (Å²) in [6.45, 7) is 2.53. The van der Waals surface area contributed by atoms with Crippen molar-refractivity contribution in [1.82, 2.24) is 15.0 Å². The van der Waals surface area contributed by atoms with Gasteiger partial charge in [0.1, 0.15) is 5.60 Å². The van der Waals surface area contributed by atoms with Crippen molar-refractivity contribution in [2.24, 2.45) is 0 Å². The zero-order valence-electron chi connectivity index (χ0n) is 10.9. The van der Waals surface area contributed by atoms with Crippen LogP contribution in [-0.4, -0.2) is 32.8 Å². The Morgan fingerprint density at radius 3 is 2.89 bits per heavy atom. The predicted octanol–water partition coefficient (Wildman–Crippen LogP) is 1.65. The lowest BCUT2D eigenvalue weighted by Gasteiger charge is -2.35. The lowest BCUT2D eigenvalue weighted by atomic mass is 9.88. The van der Waals surface area contributed by atoms with Crippen molar-refractivity contribution in [2.45, 2.75) is 31.5 Å². The van der Waals surface area contributed by atoms with Crippen LogP contribution in [-0.2, 0) is 10.3 Å². The van der Waals surface area contributed by atoms with E-state index in [-0.39, 0.29) is 6.10 Å². The largest absolute Gasteiger partial charge is 0.383 e. The fourth-order valence-corrected chi connectivity index (χ4v) is 2.61. The van der Waals surface area contributed by atoms with Crippen LogP contribution in [0, 0.1) is 0 Å². The summed E-state index contributed by atoms with van der Waals surface area (Å²) in [4.78, 5) is 0. The molecule has 0 saturated carbocycles. The van der Waals surface area contributed by atoms with Crippen LogP contribution in [0.25, 0.3) is 5.69 Å². The molecule has 1 N–H and O–H groups in total. The predicted molar refractivity (Wildman–Crippen MR) is 69.9 cm³/mol. The van der Waals surface area contributed by atoms with Gasteiger partial charge in [0.15, 0.2) is 0 Å². The average Bonchev–Trinajstić information content (AvgIpc) is 2.89. The van der Waals surface area contributed by atoms with Crippen molar-refractivity contribution in [3.63, 3.8) is 0 Å². The van der Waals surface area contributed by atoms with E-state index in [1.807, 2.05) is 37.3 Å². The second kappa shape index (κ2) is 4.75. The number of ether oxygens (including phenoxy) is 1. The summed E-state index contributed by atoms with van der Waals surface area (Å²) in [5.74, 6) is 0. The third-order valence-electron chi connectivity index (χ3n) is 3.57. The minimum Gasteiger partial charge on any atom is -0.383 e. The monoisotopic (exact) mass is 259 g/mol. The minimum absolute atomic E-state index is 0.0397. The highest BCUT2D eigenvalue weighted by Crippen LogP contribution is 2.34. The van der Waals surface area contributed by atoms with E-state index in [1.165, 1.54) is 0 Å². The Bertz CT molecular complexity index is 555. The molecule has 1 aromatic heterocycles. The highest BCUT2D eigenvalue weighted by molar-refractivity contribution is 5.33. The number of benzene rings is 1. The topological polar surface area (TPSA) is 60.2 Å². The van der Waals surface area contributed by atoms with E-state index in [1.54, 1.807) is 10.9 Å². The number of aromatic nitrogens is 3. The molecule has 1 aliphatic heterocycles. The molecule has 5 nitrogen and oxygen atoms in total. The molecule has 2 heterocycles. The number of hydrogen-bond donors (Lipinski definition) is 1. The molecule has 5 heteroatoms. The van der Waals surface area contributed by atoms with E-state index in [9.17, 15) is 5.11 Å².